The third kappa shape index (κ3) is 2.44. The van der Waals surface area contributed by atoms with E-state index in [-0.39, 0.29) is 0 Å². The lowest BCUT2D eigenvalue weighted by atomic mass is 10.4. The third-order valence-electron chi connectivity index (χ3n) is 1.81. The van der Waals surface area contributed by atoms with Gasteiger partial charge in [-0.05, 0) is 12.1 Å². The molecule has 6 heteroatoms. The van der Waals surface area contributed by atoms with Crippen molar-refractivity contribution in [2.24, 2.45) is 5.84 Å². The van der Waals surface area contributed by atoms with Gasteiger partial charge in [0, 0.05) is 0 Å². The molecule has 0 bridgehead atoms. The zero-order valence-corrected chi connectivity index (χ0v) is 7.97. The van der Waals surface area contributed by atoms with Crippen molar-refractivity contribution in [3.05, 3.63) is 36.5 Å². The van der Waals surface area contributed by atoms with Crippen LogP contribution in [0.3, 0.4) is 0 Å². The molecular formula is C9H11N5O. The number of nitrogens with zero attached hydrogens (tertiary/aromatic N) is 2. The number of nitrogen functional groups attached to an aromatic ring is 1. The first-order valence-electron chi connectivity index (χ1n) is 4.43. The Labute approximate surface area is 86.5 Å². The molecule has 15 heavy (non-hydrogen) atoms. The molecule has 0 saturated carbocycles. The lowest BCUT2D eigenvalue weighted by molar-refractivity contribution is 0.518. The Bertz CT molecular complexity index is 414. The fourth-order valence-electron chi connectivity index (χ4n) is 1.11. The Morgan fingerprint density at radius 3 is 2.93 bits per heavy atom. The van der Waals surface area contributed by atoms with E-state index in [2.05, 4.69) is 20.7 Å². The number of nitrogens with one attached hydrogen (secondary N) is 2. The van der Waals surface area contributed by atoms with Gasteiger partial charge >= 0.3 is 0 Å². The maximum absolute atomic E-state index is 5.21. The number of hydrazine groups is 1. The standard InChI is InChI=1S/C9H11N5O/c10-14-9-6-11-5-8(13-9)12-4-7-2-1-3-15-7/h1-3,5-6H,4,10H2,(H2,12,13,14). The first-order valence-corrected chi connectivity index (χ1v) is 4.43. The highest BCUT2D eigenvalue weighted by Crippen LogP contribution is 2.07. The Balaban J connectivity index is 1.98. The van der Waals surface area contributed by atoms with E-state index in [1.807, 2.05) is 12.1 Å². The predicted molar refractivity (Wildman–Crippen MR) is 55.9 cm³/mol. The first kappa shape index (κ1) is 9.47. The lowest BCUT2D eigenvalue weighted by Gasteiger charge is -2.04. The van der Waals surface area contributed by atoms with Crippen LogP contribution in [0.25, 0.3) is 0 Å². The highest BCUT2D eigenvalue weighted by Gasteiger charge is 1.98. The zero-order valence-electron chi connectivity index (χ0n) is 7.97. The van der Waals surface area contributed by atoms with Gasteiger partial charge in [0.15, 0.2) is 5.82 Å². The SMILES string of the molecule is NNc1cncc(NCc2ccco2)n1. The summed E-state index contributed by atoms with van der Waals surface area (Å²) in [7, 11) is 0. The maximum Gasteiger partial charge on any atom is 0.160 e. The van der Waals surface area contributed by atoms with Crippen molar-refractivity contribution >= 4 is 11.6 Å². The van der Waals surface area contributed by atoms with Crippen molar-refractivity contribution < 1.29 is 4.42 Å². The molecular weight excluding hydrogens is 194 g/mol. The summed E-state index contributed by atoms with van der Waals surface area (Å²) in [5.74, 6) is 7.20. The van der Waals surface area contributed by atoms with Crippen LogP contribution in [0, 0.1) is 0 Å². The third-order valence-corrected chi connectivity index (χ3v) is 1.81. The molecule has 2 aromatic heterocycles. The summed E-state index contributed by atoms with van der Waals surface area (Å²) in [4.78, 5) is 8.10. The summed E-state index contributed by atoms with van der Waals surface area (Å²) >= 11 is 0. The van der Waals surface area contributed by atoms with E-state index in [9.17, 15) is 0 Å². The number of anilines is 2. The topological polar surface area (TPSA) is 89.0 Å². The fraction of sp³-hybridized carbons (Fsp3) is 0.111. The van der Waals surface area contributed by atoms with Crippen molar-refractivity contribution in [3.63, 3.8) is 0 Å². The molecule has 0 aliphatic carbocycles. The Hall–Kier alpha value is -2.08. The second kappa shape index (κ2) is 4.43. The number of aromatic nitrogens is 2. The van der Waals surface area contributed by atoms with Gasteiger partial charge in [-0.1, -0.05) is 0 Å². The van der Waals surface area contributed by atoms with Gasteiger partial charge in [-0.15, -0.1) is 0 Å². The average Bonchev–Trinajstić information content (AvgIpc) is 2.79. The lowest BCUT2D eigenvalue weighted by Crippen LogP contribution is -2.10. The Morgan fingerprint density at radius 2 is 2.20 bits per heavy atom. The van der Waals surface area contributed by atoms with Crippen molar-refractivity contribution in [1.29, 1.82) is 0 Å². The number of furan rings is 1. The minimum Gasteiger partial charge on any atom is -0.467 e. The summed E-state index contributed by atoms with van der Waals surface area (Å²) < 4.78 is 5.16. The molecule has 4 N–H and O–H groups in total. The van der Waals surface area contributed by atoms with Crippen LogP contribution < -0.4 is 16.6 Å². The average molecular weight is 205 g/mol. The van der Waals surface area contributed by atoms with Crippen LogP contribution in [0.1, 0.15) is 5.76 Å². The summed E-state index contributed by atoms with van der Waals surface area (Å²) in [5, 5.41) is 3.06. The number of hydrogen-bond acceptors (Lipinski definition) is 6. The minimum absolute atomic E-state index is 0.513. The Morgan fingerprint density at radius 1 is 1.33 bits per heavy atom. The molecule has 0 fully saturated rings. The van der Waals surface area contributed by atoms with E-state index in [1.165, 1.54) is 6.20 Å². The molecule has 0 saturated heterocycles. The molecule has 2 heterocycles. The van der Waals surface area contributed by atoms with E-state index >= 15 is 0 Å². The molecule has 0 aromatic carbocycles. The van der Waals surface area contributed by atoms with Crippen LogP contribution in [0.2, 0.25) is 0 Å². The van der Waals surface area contributed by atoms with Crippen LogP contribution in [-0.2, 0) is 6.54 Å². The molecule has 0 unspecified atom stereocenters. The summed E-state index contributed by atoms with van der Waals surface area (Å²) in [6.45, 7) is 0.565. The minimum atomic E-state index is 0.513. The van der Waals surface area contributed by atoms with E-state index in [4.69, 9.17) is 10.3 Å². The highest BCUT2D eigenvalue weighted by atomic mass is 16.3. The van der Waals surface area contributed by atoms with Crippen LogP contribution >= 0.6 is 0 Å². The predicted octanol–water partition coefficient (Wildman–Crippen LogP) is 0.967. The van der Waals surface area contributed by atoms with Crippen molar-refractivity contribution in [1.82, 2.24) is 9.97 Å². The normalized spacial score (nSPS) is 9.93. The molecule has 0 radical (unpaired) electrons. The van der Waals surface area contributed by atoms with Crippen molar-refractivity contribution in [2.45, 2.75) is 6.54 Å². The quantitative estimate of drug-likeness (QED) is 0.509. The van der Waals surface area contributed by atoms with Gasteiger partial charge < -0.3 is 15.2 Å². The van der Waals surface area contributed by atoms with Crippen LogP contribution in [0.15, 0.2) is 35.2 Å². The highest BCUT2D eigenvalue weighted by molar-refractivity contribution is 5.40. The second-order valence-corrected chi connectivity index (χ2v) is 2.87. The number of hydrogen-bond donors (Lipinski definition) is 3. The summed E-state index contributed by atoms with van der Waals surface area (Å²) in [5.41, 5.74) is 2.42. The van der Waals surface area contributed by atoms with Gasteiger partial charge in [-0.25, -0.2) is 10.8 Å². The molecule has 2 rings (SSSR count). The Kier molecular flexibility index (Phi) is 2.80. The van der Waals surface area contributed by atoms with Crippen LogP contribution in [0.4, 0.5) is 11.6 Å². The molecule has 0 atom stereocenters. The van der Waals surface area contributed by atoms with Crippen molar-refractivity contribution in [3.8, 4) is 0 Å². The second-order valence-electron chi connectivity index (χ2n) is 2.87. The van der Waals surface area contributed by atoms with E-state index in [0.717, 1.165) is 5.76 Å². The fourth-order valence-corrected chi connectivity index (χ4v) is 1.11. The number of rotatable bonds is 4. The molecule has 2 aromatic rings. The summed E-state index contributed by atoms with van der Waals surface area (Å²) in [6.07, 6.45) is 4.78. The van der Waals surface area contributed by atoms with Gasteiger partial charge in [0.25, 0.3) is 0 Å². The monoisotopic (exact) mass is 205 g/mol. The van der Waals surface area contributed by atoms with Gasteiger partial charge in [0.2, 0.25) is 0 Å². The zero-order chi connectivity index (χ0) is 10.5. The van der Waals surface area contributed by atoms with E-state index < -0.39 is 0 Å². The number of nitrogens with two attached hydrogens (primary N) is 1. The maximum atomic E-state index is 5.21. The first-order chi connectivity index (χ1) is 7.38. The molecule has 78 valence electrons. The van der Waals surface area contributed by atoms with Crippen LogP contribution in [-0.4, -0.2) is 9.97 Å². The van der Waals surface area contributed by atoms with Gasteiger partial charge in [0.05, 0.1) is 25.2 Å². The molecule has 0 spiro atoms. The molecule has 6 nitrogen and oxygen atoms in total. The van der Waals surface area contributed by atoms with Crippen molar-refractivity contribution in [2.75, 3.05) is 10.7 Å². The molecule has 0 amide bonds. The van der Waals surface area contributed by atoms with Crippen LogP contribution in [0.5, 0.6) is 0 Å². The smallest absolute Gasteiger partial charge is 0.160 e. The largest absolute Gasteiger partial charge is 0.467 e. The summed E-state index contributed by atoms with van der Waals surface area (Å²) in [6, 6.07) is 3.71. The molecule has 0 aliphatic rings. The van der Waals surface area contributed by atoms with Gasteiger partial charge in [-0.2, -0.15) is 0 Å². The van der Waals surface area contributed by atoms with Gasteiger partial charge in [0.1, 0.15) is 11.6 Å². The van der Waals surface area contributed by atoms with Gasteiger partial charge in [-0.3, -0.25) is 4.98 Å². The van der Waals surface area contributed by atoms with E-state index in [0.29, 0.717) is 18.2 Å². The molecule has 0 aliphatic heterocycles. The van der Waals surface area contributed by atoms with E-state index in [1.54, 1.807) is 12.5 Å².